The fourth-order valence-corrected chi connectivity index (χ4v) is 4.53. The molecular weight excluding hydrogens is 383 g/mol. The van der Waals surface area contributed by atoms with Crippen molar-refractivity contribution in [1.29, 1.82) is 0 Å². The maximum Gasteiger partial charge on any atom is 0.263 e. The summed E-state index contributed by atoms with van der Waals surface area (Å²) in [6, 6.07) is 14.7. The number of thiophene rings is 1. The standard InChI is InChI=1S/C24H23FN2OS/c1-4-16-8-10-18(11-9-16)20-14-29-23-21(20)24(28)27(22(26-23)15(2)3)13-17-6-5-7-19(25)12-17/h5-12,14-15H,4,13H2,1-3H3. The van der Waals surface area contributed by atoms with Crippen LogP contribution in [0, 0.1) is 5.82 Å². The predicted molar refractivity (Wildman–Crippen MR) is 118 cm³/mol. The Morgan fingerprint density at radius 3 is 2.52 bits per heavy atom. The SMILES string of the molecule is CCc1ccc(-c2csc3nc(C(C)C)n(Cc4cccc(F)c4)c(=O)c23)cc1. The van der Waals surface area contributed by atoms with Gasteiger partial charge in [-0.25, -0.2) is 9.37 Å². The number of fused-ring (bicyclic) bond motifs is 1. The number of rotatable bonds is 5. The van der Waals surface area contributed by atoms with Crippen molar-refractivity contribution in [3.05, 3.63) is 87.0 Å². The second-order valence-electron chi connectivity index (χ2n) is 7.53. The molecular formula is C24H23FN2OS. The number of aromatic nitrogens is 2. The molecule has 4 rings (SSSR count). The third kappa shape index (κ3) is 3.75. The van der Waals surface area contributed by atoms with E-state index in [1.165, 1.54) is 29.0 Å². The Bertz CT molecular complexity index is 1220. The van der Waals surface area contributed by atoms with Crippen LogP contribution >= 0.6 is 11.3 Å². The predicted octanol–water partition coefficient (Wildman–Crippen LogP) is 6.00. The van der Waals surface area contributed by atoms with Crippen molar-refractivity contribution in [3.63, 3.8) is 0 Å². The highest BCUT2D eigenvalue weighted by Crippen LogP contribution is 2.32. The van der Waals surface area contributed by atoms with E-state index in [2.05, 4.69) is 31.2 Å². The number of nitrogens with zero attached hydrogens (tertiary/aromatic N) is 2. The Labute approximate surface area is 173 Å². The van der Waals surface area contributed by atoms with Gasteiger partial charge in [-0.3, -0.25) is 9.36 Å². The number of aryl methyl sites for hydroxylation is 1. The molecule has 5 heteroatoms. The minimum absolute atomic E-state index is 0.0706. The van der Waals surface area contributed by atoms with E-state index in [4.69, 9.17) is 4.98 Å². The fraction of sp³-hybridized carbons (Fsp3) is 0.250. The highest BCUT2D eigenvalue weighted by atomic mass is 32.1. The maximum atomic E-state index is 13.7. The molecule has 0 saturated carbocycles. The Hall–Kier alpha value is -2.79. The van der Waals surface area contributed by atoms with Gasteiger partial charge in [0.25, 0.3) is 5.56 Å². The summed E-state index contributed by atoms with van der Waals surface area (Å²) in [6.45, 7) is 6.47. The molecule has 0 aliphatic heterocycles. The van der Waals surface area contributed by atoms with Crippen molar-refractivity contribution in [2.45, 2.75) is 39.7 Å². The van der Waals surface area contributed by atoms with E-state index >= 15 is 0 Å². The highest BCUT2D eigenvalue weighted by molar-refractivity contribution is 7.17. The van der Waals surface area contributed by atoms with Crippen LogP contribution in [-0.4, -0.2) is 9.55 Å². The number of hydrogen-bond donors (Lipinski definition) is 0. The Morgan fingerprint density at radius 2 is 1.86 bits per heavy atom. The van der Waals surface area contributed by atoms with Crippen LogP contribution < -0.4 is 5.56 Å². The summed E-state index contributed by atoms with van der Waals surface area (Å²) in [5.74, 6) is 0.499. The van der Waals surface area contributed by atoms with E-state index in [0.717, 1.165) is 33.8 Å². The summed E-state index contributed by atoms with van der Waals surface area (Å²) in [7, 11) is 0. The highest BCUT2D eigenvalue weighted by Gasteiger charge is 2.19. The van der Waals surface area contributed by atoms with Crippen molar-refractivity contribution < 1.29 is 4.39 Å². The van der Waals surface area contributed by atoms with Crippen molar-refractivity contribution in [2.75, 3.05) is 0 Å². The second kappa shape index (κ2) is 7.91. The molecule has 2 aromatic heterocycles. The first kappa shape index (κ1) is 19.5. The van der Waals surface area contributed by atoms with Gasteiger partial charge in [-0.2, -0.15) is 0 Å². The number of benzene rings is 2. The Balaban J connectivity index is 1.90. The van der Waals surface area contributed by atoms with Crippen LogP contribution in [0.3, 0.4) is 0 Å². The molecule has 0 aliphatic rings. The van der Waals surface area contributed by atoms with E-state index in [-0.39, 0.29) is 17.3 Å². The molecule has 0 atom stereocenters. The lowest BCUT2D eigenvalue weighted by atomic mass is 10.0. The number of halogens is 1. The van der Waals surface area contributed by atoms with Gasteiger partial charge in [0.05, 0.1) is 11.9 Å². The zero-order chi connectivity index (χ0) is 20.5. The molecule has 2 aromatic carbocycles. The molecule has 0 fully saturated rings. The first-order valence-electron chi connectivity index (χ1n) is 9.83. The molecule has 2 heterocycles. The normalized spacial score (nSPS) is 11.5. The van der Waals surface area contributed by atoms with Crippen LogP contribution in [0.5, 0.6) is 0 Å². The summed E-state index contributed by atoms with van der Waals surface area (Å²) in [4.78, 5) is 19.1. The molecule has 0 unspecified atom stereocenters. The molecule has 0 bridgehead atoms. The zero-order valence-corrected chi connectivity index (χ0v) is 17.6. The van der Waals surface area contributed by atoms with E-state index in [1.54, 1.807) is 10.6 Å². The average molecular weight is 407 g/mol. The first-order chi connectivity index (χ1) is 14.0. The van der Waals surface area contributed by atoms with Gasteiger partial charge in [0.1, 0.15) is 16.5 Å². The van der Waals surface area contributed by atoms with Crippen molar-refractivity contribution in [2.24, 2.45) is 0 Å². The third-order valence-corrected chi connectivity index (χ3v) is 6.01. The molecule has 0 aliphatic carbocycles. The third-order valence-electron chi connectivity index (χ3n) is 5.14. The second-order valence-corrected chi connectivity index (χ2v) is 8.38. The largest absolute Gasteiger partial charge is 0.291 e. The van der Waals surface area contributed by atoms with Crippen LogP contribution in [0.15, 0.2) is 58.7 Å². The average Bonchev–Trinajstić information content (AvgIpc) is 3.14. The molecule has 0 saturated heterocycles. The van der Waals surface area contributed by atoms with Crippen molar-refractivity contribution in [1.82, 2.24) is 9.55 Å². The van der Waals surface area contributed by atoms with Gasteiger partial charge in [-0.15, -0.1) is 11.3 Å². The Kier molecular flexibility index (Phi) is 5.33. The minimum atomic E-state index is -0.303. The first-order valence-corrected chi connectivity index (χ1v) is 10.7. The summed E-state index contributed by atoms with van der Waals surface area (Å²) < 4.78 is 15.4. The van der Waals surface area contributed by atoms with E-state index in [0.29, 0.717) is 11.9 Å². The summed E-state index contributed by atoms with van der Waals surface area (Å²) in [5.41, 5.74) is 3.87. The van der Waals surface area contributed by atoms with Crippen LogP contribution in [0.4, 0.5) is 4.39 Å². The van der Waals surface area contributed by atoms with Crippen LogP contribution in [-0.2, 0) is 13.0 Å². The molecule has 29 heavy (non-hydrogen) atoms. The Morgan fingerprint density at radius 1 is 1.10 bits per heavy atom. The van der Waals surface area contributed by atoms with E-state index < -0.39 is 0 Å². The molecule has 0 N–H and O–H groups in total. The van der Waals surface area contributed by atoms with Crippen molar-refractivity contribution in [3.8, 4) is 11.1 Å². The molecule has 0 radical (unpaired) electrons. The molecule has 0 spiro atoms. The summed E-state index contributed by atoms with van der Waals surface area (Å²) >= 11 is 1.50. The lowest BCUT2D eigenvalue weighted by Gasteiger charge is -2.15. The molecule has 0 amide bonds. The van der Waals surface area contributed by atoms with Gasteiger partial charge in [0, 0.05) is 16.9 Å². The maximum absolute atomic E-state index is 13.7. The topological polar surface area (TPSA) is 34.9 Å². The molecule has 148 valence electrons. The smallest absolute Gasteiger partial charge is 0.263 e. The van der Waals surface area contributed by atoms with Gasteiger partial charge < -0.3 is 0 Å². The fourth-order valence-electron chi connectivity index (χ4n) is 3.58. The molecule has 4 aromatic rings. The minimum Gasteiger partial charge on any atom is -0.291 e. The van der Waals surface area contributed by atoms with Gasteiger partial charge in [-0.05, 0) is 35.2 Å². The van der Waals surface area contributed by atoms with E-state index in [9.17, 15) is 9.18 Å². The molecule has 3 nitrogen and oxygen atoms in total. The van der Waals surface area contributed by atoms with Crippen molar-refractivity contribution >= 4 is 21.6 Å². The lowest BCUT2D eigenvalue weighted by Crippen LogP contribution is -2.26. The van der Waals surface area contributed by atoms with Gasteiger partial charge in [0.2, 0.25) is 0 Å². The quantitative estimate of drug-likeness (QED) is 0.407. The van der Waals surface area contributed by atoms with Gasteiger partial charge >= 0.3 is 0 Å². The van der Waals surface area contributed by atoms with Crippen LogP contribution in [0.25, 0.3) is 21.3 Å². The number of hydrogen-bond acceptors (Lipinski definition) is 3. The van der Waals surface area contributed by atoms with Gasteiger partial charge in [-0.1, -0.05) is 57.2 Å². The summed E-state index contributed by atoms with van der Waals surface area (Å²) in [5, 5.41) is 2.65. The zero-order valence-electron chi connectivity index (χ0n) is 16.8. The van der Waals surface area contributed by atoms with Gasteiger partial charge in [0.15, 0.2) is 0 Å². The van der Waals surface area contributed by atoms with Crippen LogP contribution in [0.1, 0.15) is 43.6 Å². The lowest BCUT2D eigenvalue weighted by molar-refractivity contribution is 0.612. The van der Waals surface area contributed by atoms with E-state index in [1.807, 2.05) is 25.3 Å². The summed E-state index contributed by atoms with van der Waals surface area (Å²) in [6.07, 6.45) is 0.977. The van der Waals surface area contributed by atoms with Crippen LogP contribution in [0.2, 0.25) is 0 Å². The monoisotopic (exact) mass is 406 g/mol.